The van der Waals surface area contributed by atoms with Crippen molar-refractivity contribution in [2.24, 2.45) is 11.3 Å². The number of nitrogens with zero attached hydrogens (tertiary/aromatic N) is 1. The Balaban J connectivity index is 1.38. The maximum Gasteiger partial charge on any atom is 0.328 e. The molecule has 192 valence electrons. The average molecular weight is 497 g/mol. The monoisotopic (exact) mass is 496 g/mol. The lowest BCUT2D eigenvalue weighted by atomic mass is 9.67. The fourth-order valence-electron chi connectivity index (χ4n) is 5.90. The van der Waals surface area contributed by atoms with Crippen LogP contribution in [-0.2, 0) is 19.1 Å². The Labute approximate surface area is 209 Å². The first-order chi connectivity index (χ1) is 17.3. The first kappa shape index (κ1) is 24.1. The summed E-state index contributed by atoms with van der Waals surface area (Å²) in [6, 6.07) is 5.64. The molecule has 1 aromatic heterocycles. The lowest BCUT2D eigenvalue weighted by Crippen LogP contribution is -2.51. The molecule has 3 unspecified atom stereocenters. The van der Waals surface area contributed by atoms with Gasteiger partial charge in [0.15, 0.2) is 0 Å². The second kappa shape index (κ2) is 9.48. The molecule has 0 radical (unpaired) electrons. The van der Waals surface area contributed by atoms with E-state index in [-0.39, 0.29) is 29.6 Å². The molecule has 1 aliphatic carbocycles. The van der Waals surface area contributed by atoms with Gasteiger partial charge in [-0.05, 0) is 55.7 Å². The van der Waals surface area contributed by atoms with Gasteiger partial charge in [-0.15, -0.1) is 0 Å². The Hall–Kier alpha value is -3.56. The van der Waals surface area contributed by atoms with Crippen molar-refractivity contribution in [3.8, 4) is 5.75 Å². The number of ether oxygens (including phenoxy) is 2. The standard InChI is InChI=1S/C26H32N4O6/c1-35-21-6-3-5-17-16(21)12-18(28-17)24(33)30-14-26(8-4-9-26)13-20(30)23(32)29-19(25(34)36-2)11-15-7-10-27-22(15)31/h3,5-6,12,15,19-20,28H,4,7-11,13-14H2,1-2H3,(H,27,31)(H,29,32). The zero-order valence-corrected chi connectivity index (χ0v) is 20.6. The molecule has 2 aliphatic heterocycles. The van der Waals surface area contributed by atoms with Crippen LogP contribution in [0.15, 0.2) is 24.3 Å². The minimum absolute atomic E-state index is 0.0759. The summed E-state index contributed by atoms with van der Waals surface area (Å²) in [5, 5.41) is 6.36. The zero-order valence-electron chi connectivity index (χ0n) is 20.6. The van der Waals surface area contributed by atoms with Gasteiger partial charge in [0, 0.05) is 29.9 Å². The van der Waals surface area contributed by atoms with Crippen molar-refractivity contribution in [2.45, 2.75) is 50.6 Å². The van der Waals surface area contributed by atoms with Crippen LogP contribution in [0.3, 0.4) is 0 Å². The highest BCUT2D eigenvalue weighted by Crippen LogP contribution is 2.50. The number of hydrogen-bond donors (Lipinski definition) is 3. The van der Waals surface area contributed by atoms with E-state index in [9.17, 15) is 19.2 Å². The number of esters is 1. The van der Waals surface area contributed by atoms with Gasteiger partial charge in [0.05, 0.1) is 14.2 Å². The number of nitrogens with one attached hydrogen (secondary N) is 3. The highest BCUT2D eigenvalue weighted by molar-refractivity contribution is 6.02. The molecule has 3 aliphatic rings. The molecule has 36 heavy (non-hydrogen) atoms. The molecule has 1 saturated carbocycles. The molecule has 2 aromatic rings. The molecule has 1 aromatic carbocycles. The van der Waals surface area contributed by atoms with Crippen LogP contribution in [0.25, 0.3) is 10.9 Å². The number of aromatic amines is 1. The molecule has 2 saturated heterocycles. The van der Waals surface area contributed by atoms with Gasteiger partial charge in [-0.3, -0.25) is 14.4 Å². The van der Waals surface area contributed by atoms with Crippen LogP contribution in [0.5, 0.6) is 5.75 Å². The highest BCUT2D eigenvalue weighted by atomic mass is 16.5. The van der Waals surface area contributed by atoms with Crippen LogP contribution in [0.4, 0.5) is 0 Å². The largest absolute Gasteiger partial charge is 0.496 e. The first-order valence-corrected chi connectivity index (χ1v) is 12.5. The van der Waals surface area contributed by atoms with Gasteiger partial charge < -0.3 is 30.0 Å². The van der Waals surface area contributed by atoms with Crippen LogP contribution in [0.1, 0.15) is 49.0 Å². The molecule has 5 rings (SSSR count). The van der Waals surface area contributed by atoms with Crippen molar-refractivity contribution >= 4 is 34.6 Å². The number of methoxy groups -OCH3 is 2. The van der Waals surface area contributed by atoms with Gasteiger partial charge in [-0.25, -0.2) is 4.79 Å². The summed E-state index contributed by atoms with van der Waals surface area (Å²) in [7, 11) is 2.84. The van der Waals surface area contributed by atoms with E-state index in [1.165, 1.54) is 7.11 Å². The normalized spacial score (nSPS) is 23.3. The number of hydrogen-bond acceptors (Lipinski definition) is 6. The predicted octanol–water partition coefficient (Wildman–Crippen LogP) is 1.75. The summed E-state index contributed by atoms with van der Waals surface area (Å²) < 4.78 is 10.3. The second-order valence-electron chi connectivity index (χ2n) is 10.2. The maximum absolute atomic E-state index is 13.7. The van der Waals surface area contributed by atoms with Gasteiger partial charge in [0.1, 0.15) is 23.5 Å². The Kier molecular flexibility index (Phi) is 6.36. The van der Waals surface area contributed by atoms with E-state index >= 15 is 0 Å². The Morgan fingerprint density at radius 1 is 1.25 bits per heavy atom. The molecule has 3 N–H and O–H groups in total. The third-order valence-corrected chi connectivity index (χ3v) is 8.05. The van der Waals surface area contributed by atoms with Crippen LogP contribution in [0, 0.1) is 11.3 Å². The molecule has 3 atom stereocenters. The summed E-state index contributed by atoms with van der Waals surface area (Å²) in [4.78, 5) is 56.6. The minimum Gasteiger partial charge on any atom is -0.496 e. The minimum atomic E-state index is -0.955. The van der Waals surface area contributed by atoms with E-state index in [0.717, 1.165) is 30.2 Å². The summed E-state index contributed by atoms with van der Waals surface area (Å²) in [5.74, 6) is -1.09. The number of carbonyl (C=O) groups excluding carboxylic acids is 4. The van der Waals surface area contributed by atoms with Crippen molar-refractivity contribution in [2.75, 3.05) is 27.3 Å². The fraction of sp³-hybridized carbons (Fsp3) is 0.538. The molecule has 3 heterocycles. The van der Waals surface area contributed by atoms with E-state index in [1.54, 1.807) is 18.1 Å². The van der Waals surface area contributed by atoms with Crippen LogP contribution in [0.2, 0.25) is 0 Å². The zero-order chi connectivity index (χ0) is 25.4. The number of likely N-dealkylation sites (tertiary alicyclic amines) is 1. The summed E-state index contributed by atoms with van der Waals surface area (Å²) in [6.07, 6.45) is 4.31. The van der Waals surface area contributed by atoms with Crippen molar-refractivity contribution in [3.05, 3.63) is 30.0 Å². The average Bonchev–Trinajstić information content (AvgIpc) is 3.59. The Bertz CT molecular complexity index is 1200. The summed E-state index contributed by atoms with van der Waals surface area (Å²) in [5.41, 5.74) is 1.08. The van der Waals surface area contributed by atoms with Gasteiger partial charge >= 0.3 is 5.97 Å². The molecule has 3 amide bonds. The van der Waals surface area contributed by atoms with Gasteiger partial charge in [0.2, 0.25) is 11.8 Å². The van der Waals surface area contributed by atoms with Gasteiger partial charge in [-0.2, -0.15) is 0 Å². The van der Waals surface area contributed by atoms with E-state index < -0.39 is 24.0 Å². The third kappa shape index (κ3) is 4.29. The molecular formula is C26H32N4O6. The quantitative estimate of drug-likeness (QED) is 0.501. The lowest BCUT2D eigenvalue weighted by molar-refractivity contribution is -0.146. The predicted molar refractivity (Wildman–Crippen MR) is 130 cm³/mol. The number of benzene rings is 1. The molecular weight excluding hydrogens is 464 g/mol. The number of carbonyl (C=O) groups is 4. The highest BCUT2D eigenvalue weighted by Gasteiger charge is 2.52. The van der Waals surface area contributed by atoms with Crippen molar-refractivity contribution < 1.29 is 28.7 Å². The molecule has 0 bridgehead atoms. The number of aromatic nitrogens is 1. The number of H-pyrrole nitrogens is 1. The van der Waals surface area contributed by atoms with E-state index in [4.69, 9.17) is 9.47 Å². The number of rotatable bonds is 7. The van der Waals surface area contributed by atoms with Gasteiger partial charge in [-0.1, -0.05) is 12.5 Å². The first-order valence-electron chi connectivity index (χ1n) is 12.5. The van der Waals surface area contributed by atoms with Gasteiger partial charge in [0.25, 0.3) is 5.91 Å². The number of fused-ring (bicyclic) bond motifs is 1. The maximum atomic E-state index is 13.7. The number of amides is 3. The Morgan fingerprint density at radius 2 is 2.06 bits per heavy atom. The molecule has 10 nitrogen and oxygen atoms in total. The van der Waals surface area contributed by atoms with Crippen LogP contribution in [-0.4, -0.2) is 73.0 Å². The SMILES string of the molecule is COC(=O)C(CC1CCNC1=O)NC(=O)C1CC2(CCC2)CN1C(=O)c1cc2c(OC)cccc2[nH]1. The van der Waals surface area contributed by atoms with E-state index in [2.05, 4.69) is 15.6 Å². The molecule has 3 fully saturated rings. The van der Waals surface area contributed by atoms with E-state index in [1.807, 2.05) is 18.2 Å². The van der Waals surface area contributed by atoms with Crippen molar-refractivity contribution in [1.82, 2.24) is 20.5 Å². The lowest BCUT2D eigenvalue weighted by Gasteiger charge is -2.37. The smallest absolute Gasteiger partial charge is 0.328 e. The third-order valence-electron chi connectivity index (χ3n) is 8.05. The molecule has 10 heteroatoms. The van der Waals surface area contributed by atoms with Crippen LogP contribution < -0.4 is 15.4 Å². The Morgan fingerprint density at radius 3 is 2.69 bits per heavy atom. The topological polar surface area (TPSA) is 130 Å². The second-order valence-corrected chi connectivity index (χ2v) is 10.2. The fourth-order valence-corrected chi connectivity index (χ4v) is 5.90. The summed E-state index contributed by atoms with van der Waals surface area (Å²) in [6.45, 7) is 1.04. The van der Waals surface area contributed by atoms with Crippen molar-refractivity contribution in [1.29, 1.82) is 0 Å². The van der Waals surface area contributed by atoms with Crippen molar-refractivity contribution in [3.63, 3.8) is 0 Å². The molecule has 1 spiro atoms. The summed E-state index contributed by atoms with van der Waals surface area (Å²) >= 11 is 0. The van der Waals surface area contributed by atoms with Crippen LogP contribution >= 0.6 is 0 Å². The van der Waals surface area contributed by atoms with E-state index in [0.29, 0.717) is 37.4 Å².